The van der Waals surface area contributed by atoms with Crippen molar-refractivity contribution >= 4 is 17.1 Å². The molecule has 5 rings (SSSR count). The van der Waals surface area contributed by atoms with E-state index < -0.39 is 0 Å². The Morgan fingerprint density at radius 2 is 1.68 bits per heavy atom. The van der Waals surface area contributed by atoms with Crippen molar-refractivity contribution in [2.45, 2.75) is 32.6 Å². The number of rotatable bonds is 3. The van der Waals surface area contributed by atoms with E-state index in [1.807, 2.05) is 49.4 Å². The molecule has 0 unspecified atom stereocenters. The summed E-state index contributed by atoms with van der Waals surface area (Å²) in [6.07, 6.45) is 1.11. The maximum absolute atomic E-state index is 13.0. The highest BCUT2D eigenvalue weighted by molar-refractivity contribution is 7.15. The molecule has 2 aromatic heterocycles. The van der Waals surface area contributed by atoms with Crippen LogP contribution in [0, 0.1) is 13.8 Å². The molecule has 0 fully saturated rings. The molecule has 0 spiro atoms. The molecule has 5 heteroatoms. The average molecular weight is 427 g/mol. The van der Waals surface area contributed by atoms with E-state index in [0.29, 0.717) is 29.0 Å². The van der Waals surface area contributed by atoms with E-state index in [2.05, 4.69) is 24.0 Å². The summed E-state index contributed by atoms with van der Waals surface area (Å²) < 4.78 is 0. The van der Waals surface area contributed by atoms with Crippen molar-refractivity contribution in [3.63, 3.8) is 0 Å². The van der Waals surface area contributed by atoms with Gasteiger partial charge in [-0.3, -0.25) is 9.59 Å². The highest BCUT2D eigenvalue weighted by atomic mass is 32.1. The Kier molecular flexibility index (Phi) is 4.91. The summed E-state index contributed by atoms with van der Waals surface area (Å²) in [6.45, 7) is 4.06. The SMILES string of the molecule is Cc1ccc(-c2nc(-c3cc4c([nH]c3=O)C[C@H](c3ccccc3)CC4=O)sc2C)cc1. The Bertz CT molecular complexity index is 1330. The minimum Gasteiger partial charge on any atom is -0.325 e. The van der Waals surface area contributed by atoms with Crippen molar-refractivity contribution in [3.05, 3.63) is 98.3 Å². The maximum Gasteiger partial charge on any atom is 0.258 e. The Labute approximate surface area is 184 Å². The first-order valence-electron chi connectivity index (χ1n) is 10.4. The van der Waals surface area contributed by atoms with Crippen molar-refractivity contribution < 1.29 is 4.79 Å². The zero-order chi connectivity index (χ0) is 21.5. The van der Waals surface area contributed by atoms with Crippen molar-refractivity contribution in [1.82, 2.24) is 9.97 Å². The predicted octanol–water partition coefficient (Wildman–Crippen LogP) is 5.69. The number of nitrogens with zero attached hydrogens (tertiary/aromatic N) is 1. The second-order valence-electron chi connectivity index (χ2n) is 8.13. The second kappa shape index (κ2) is 7.75. The number of hydrogen-bond acceptors (Lipinski definition) is 4. The first kappa shape index (κ1) is 19.6. The van der Waals surface area contributed by atoms with Crippen molar-refractivity contribution in [2.75, 3.05) is 0 Å². The molecule has 2 aromatic carbocycles. The van der Waals surface area contributed by atoms with Crippen LogP contribution in [0.25, 0.3) is 21.8 Å². The molecule has 31 heavy (non-hydrogen) atoms. The van der Waals surface area contributed by atoms with E-state index in [9.17, 15) is 9.59 Å². The third-order valence-corrected chi connectivity index (χ3v) is 6.93. The highest BCUT2D eigenvalue weighted by Gasteiger charge is 2.28. The molecular formula is C26H22N2O2S. The van der Waals surface area contributed by atoms with E-state index in [1.54, 1.807) is 6.07 Å². The van der Waals surface area contributed by atoms with Crippen molar-refractivity contribution in [1.29, 1.82) is 0 Å². The number of nitrogens with one attached hydrogen (secondary N) is 1. The number of pyridine rings is 1. The van der Waals surface area contributed by atoms with Crippen molar-refractivity contribution in [2.24, 2.45) is 0 Å². The minimum absolute atomic E-state index is 0.0691. The lowest BCUT2D eigenvalue weighted by Crippen LogP contribution is -2.24. The summed E-state index contributed by atoms with van der Waals surface area (Å²) in [5, 5.41) is 0.648. The fourth-order valence-corrected chi connectivity index (χ4v) is 5.19. The van der Waals surface area contributed by atoms with Crippen LogP contribution in [0.4, 0.5) is 0 Å². The molecule has 1 aliphatic rings. The van der Waals surface area contributed by atoms with Crippen LogP contribution in [0.15, 0.2) is 65.5 Å². The van der Waals surface area contributed by atoms with Gasteiger partial charge in [0.2, 0.25) is 0 Å². The number of aromatic amines is 1. The molecule has 2 heterocycles. The van der Waals surface area contributed by atoms with E-state index in [1.165, 1.54) is 16.9 Å². The molecule has 4 nitrogen and oxygen atoms in total. The van der Waals surface area contributed by atoms with Crippen molar-refractivity contribution in [3.8, 4) is 21.8 Å². The number of fused-ring (bicyclic) bond motifs is 1. The first-order valence-corrected chi connectivity index (χ1v) is 11.2. The van der Waals surface area contributed by atoms with E-state index in [4.69, 9.17) is 4.98 Å². The highest BCUT2D eigenvalue weighted by Crippen LogP contribution is 2.35. The lowest BCUT2D eigenvalue weighted by Gasteiger charge is -2.24. The van der Waals surface area contributed by atoms with Crippen LogP contribution in [-0.4, -0.2) is 15.8 Å². The Morgan fingerprint density at radius 3 is 2.42 bits per heavy atom. The summed E-state index contributed by atoms with van der Waals surface area (Å²) in [6, 6.07) is 20.0. The Morgan fingerprint density at radius 1 is 0.935 bits per heavy atom. The van der Waals surface area contributed by atoms with Gasteiger partial charge in [0, 0.05) is 28.1 Å². The molecule has 0 bridgehead atoms. The zero-order valence-corrected chi connectivity index (χ0v) is 18.3. The molecule has 0 aliphatic heterocycles. The monoisotopic (exact) mass is 426 g/mol. The molecule has 0 amide bonds. The number of carbonyl (C=O) groups excluding carboxylic acids is 1. The fraction of sp³-hybridized carbons (Fsp3) is 0.192. The van der Waals surface area contributed by atoms with Gasteiger partial charge in [-0.25, -0.2) is 4.98 Å². The van der Waals surface area contributed by atoms with Crippen LogP contribution < -0.4 is 5.56 Å². The van der Waals surface area contributed by atoms with E-state index in [-0.39, 0.29) is 17.3 Å². The Balaban J connectivity index is 1.52. The predicted molar refractivity (Wildman–Crippen MR) is 125 cm³/mol. The van der Waals surface area contributed by atoms with Gasteiger partial charge in [-0.15, -0.1) is 11.3 Å². The van der Waals surface area contributed by atoms with Gasteiger partial charge in [0.15, 0.2) is 5.78 Å². The standard InChI is InChI=1S/C26H22N2O2S/c1-15-8-10-18(11-9-15)24-16(2)31-26(28-24)21-14-20-22(27-25(21)30)12-19(13-23(20)29)17-6-4-3-5-7-17/h3-11,14,19H,12-13H2,1-2H3,(H,27,30)/t19-/m0/s1. The van der Waals surface area contributed by atoms with Crippen LogP contribution in [0.3, 0.4) is 0 Å². The smallest absolute Gasteiger partial charge is 0.258 e. The summed E-state index contributed by atoms with van der Waals surface area (Å²) in [4.78, 5) is 34.7. The molecule has 1 aliphatic carbocycles. The van der Waals surface area contributed by atoms with Gasteiger partial charge in [0.25, 0.3) is 5.56 Å². The number of Topliss-reactive ketones (excluding diaryl/α,β-unsaturated/α-hetero) is 1. The Hall–Kier alpha value is -3.31. The van der Waals surface area contributed by atoms with Gasteiger partial charge in [0.1, 0.15) is 5.01 Å². The largest absolute Gasteiger partial charge is 0.325 e. The average Bonchev–Trinajstić information content (AvgIpc) is 3.15. The van der Waals surface area contributed by atoms with Crippen LogP contribution in [0.1, 0.15) is 44.4 Å². The summed E-state index contributed by atoms with van der Waals surface area (Å²) in [5.74, 6) is 0.164. The van der Waals surface area contributed by atoms with E-state index in [0.717, 1.165) is 27.4 Å². The number of H-pyrrole nitrogens is 1. The number of hydrogen-bond donors (Lipinski definition) is 1. The second-order valence-corrected chi connectivity index (χ2v) is 9.34. The molecule has 1 N–H and O–H groups in total. The summed E-state index contributed by atoms with van der Waals surface area (Å²) in [7, 11) is 0. The van der Waals surface area contributed by atoms with Gasteiger partial charge in [0.05, 0.1) is 11.3 Å². The molecule has 1 atom stereocenters. The summed E-state index contributed by atoms with van der Waals surface area (Å²) in [5.41, 5.74) is 5.85. The number of carbonyl (C=O) groups is 1. The first-order chi connectivity index (χ1) is 15.0. The van der Waals surface area contributed by atoms with Crippen LogP contribution >= 0.6 is 11.3 Å². The molecule has 154 valence electrons. The van der Waals surface area contributed by atoms with Crippen LogP contribution in [0.2, 0.25) is 0 Å². The molecule has 0 saturated heterocycles. The molecular weight excluding hydrogens is 404 g/mol. The topological polar surface area (TPSA) is 62.8 Å². The maximum atomic E-state index is 13.0. The lowest BCUT2D eigenvalue weighted by molar-refractivity contribution is 0.0963. The molecule has 4 aromatic rings. The van der Waals surface area contributed by atoms with Gasteiger partial charge in [-0.2, -0.15) is 0 Å². The molecule has 0 saturated carbocycles. The summed E-state index contributed by atoms with van der Waals surface area (Å²) >= 11 is 1.49. The third kappa shape index (κ3) is 3.66. The number of thiazole rings is 1. The van der Waals surface area contributed by atoms with Crippen LogP contribution in [0.5, 0.6) is 0 Å². The van der Waals surface area contributed by atoms with E-state index >= 15 is 0 Å². The number of ketones is 1. The van der Waals surface area contributed by atoms with Gasteiger partial charge in [-0.1, -0.05) is 60.2 Å². The quantitative estimate of drug-likeness (QED) is 0.457. The number of aryl methyl sites for hydroxylation is 2. The zero-order valence-electron chi connectivity index (χ0n) is 17.4. The van der Waals surface area contributed by atoms with Gasteiger partial charge < -0.3 is 4.98 Å². The normalized spacial score (nSPS) is 15.7. The lowest BCUT2D eigenvalue weighted by atomic mass is 9.81. The van der Waals surface area contributed by atoms with Gasteiger partial charge in [-0.05, 0) is 37.8 Å². The minimum atomic E-state index is -0.190. The fourth-order valence-electron chi connectivity index (χ4n) is 4.24. The third-order valence-electron chi connectivity index (χ3n) is 5.93. The van der Waals surface area contributed by atoms with Gasteiger partial charge >= 0.3 is 0 Å². The number of aromatic nitrogens is 2. The number of benzene rings is 2. The molecule has 0 radical (unpaired) electrons. The van der Waals surface area contributed by atoms with Crippen LogP contribution in [-0.2, 0) is 6.42 Å².